The third-order valence-corrected chi connectivity index (χ3v) is 3.01. The molecule has 0 bridgehead atoms. The first kappa shape index (κ1) is 16.8. The second kappa shape index (κ2) is 6.43. The minimum atomic E-state index is -4.24. The molecule has 0 saturated heterocycles. The molecule has 0 amide bonds. The minimum absolute atomic E-state index is 0.0496. The molecule has 1 unspecified atom stereocenters. The Kier molecular flexibility index (Phi) is 5.39. The van der Waals surface area contributed by atoms with Gasteiger partial charge < -0.3 is 9.84 Å². The van der Waals surface area contributed by atoms with Gasteiger partial charge in [-0.25, -0.2) is 4.39 Å². The number of ether oxygens (including phenoxy) is 1. The van der Waals surface area contributed by atoms with Gasteiger partial charge in [-0.05, 0) is 31.4 Å². The minimum Gasteiger partial charge on any atom is -0.494 e. The predicted octanol–water partition coefficient (Wildman–Crippen LogP) is 3.86. The summed E-state index contributed by atoms with van der Waals surface area (Å²) in [6.45, 7) is 1.41. The molecule has 1 aromatic rings. The Hall–Kier alpha value is -1.30. The summed E-state index contributed by atoms with van der Waals surface area (Å²) in [4.78, 5) is 0. The van der Waals surface area contributed by atoms with E-state index in [2.05, 4.69) is 0 Å². The largest absolute Gasteiger partial charge is 0.494 e. The molecule has 0 aliphatic heterocycles. The lowest BCUT2D eigenvalue weighted by molar-refractivity contribution is -0.137. The first-order chi connectivity index (χ1) is 9.14. The highest BCUT2D eigenvalue weighted by Crippen LogP contribution is 2.28. The highest BCUT2D eigenvalue weighted by molar-refractivity contribution is 5.31. The molecule has 0 radical (unpaired) electrons. The van der Waals surface area contributed by atoms with E-state index in [1.807, 2.05) is 0 Å². The van der Waals surface area contributed by atoms with Gasteiger partial charge in [0.2, 0.25) is 0 Å². The van der Waals surface area contributed by atoms with Crippen LogP contribution in [0.5, 0.6) is 5.75 Å². The molecule has 1 aromatic carbocycles. The van der Waals surface area contributed by atoms with Crippen LogP contribution in [0.4, 0.5) is 17.6 Å². The molecule has 0 aliphatic rings. The average Bonchev–Trinajstić information content (AvgIpc) is 2.29. The molecule has 0 saturated carbocycles. The monoisotopic (exact) mass is 294 g/mol. The Bertz CT molecular complexity index is 441. The van der Waals surface area contributed by atoms with Crippen LogP contribution in [0.3, 0.4) is 0 Å². The highest BCUT2D eigenvalue weighted by Gasteiger charge is 2.29. The fourth-order valence-corrected chi connectivity index (χ4v) is 2.02. The fraction of sp³-hybridized carbons (Fsp3) is 0.571. The molecule has 1 N–H and O–H groups in total. The van der Waals surface area contributed by atoms with E-state index >= 15 is 0 Å². The molecule has 0 fully saturated rings. The van der Waals surface area contributed by atoms with E-state index < -0.39 is 24.0 Å². The van der Waals surface area contributed by atoms with Crippen molar-refractivity contribution in [1.29, 1.82) is 0 Å². The van der Waals surface area contributed by atoms with Crippen molar-refractivity contribution >= 4 is 0 Å². The Balaban J connectivity index is 2.66. The zero-order chi connectivity index (χ0) is 15.4. The van der Waals surface area contributed by atoms with Crippen LogP contribution in [-0.2, 0) is 6.42 Å². The molecular formula is C14H18F4O2. The molecule has 0 heterocycles. The first-order valence-electron chi connectivity index (χ1n) is 6.25. The van der Waals surface area contributed by atoms with Crippen LogP contribution in [0.15, 0.2) is 18.2 Å². The van der Waals surface area contributed by atoms with Crippen LogP contribution in [0.1, 0.15) is 31.7 Å². The van der Waals surface area contributed by atoms with Crippen LogP contribution < -0.4 is 4.74 Å². The van der Waals surface area contributed by atoms with Crippen molar-refractivity contribution in [3.63, 3.8) is 0 Å². The van der Waals surface area contributed by atoms with Gasteiger partial charge in [0.15, 0.2) is 11.6 Å². The highest BCUT2D eigenvalue weighted by atomic mass is 19.4. The Morgan fingerprint density at radius 2 is 1.85 bits per heavy atom. The smallest absolute Gasteiger partial charge is 0.389 e. The van der Waals surface area contributed by atoms with Gasteiger partial charge in [0.25, 0.3) is 0 Å². The van der Waals surface area contributed by atoms with Gasteiger partial charge in [-0.2, -0.15) is 13.2 Å². The standard InChI is InChI=1S/C14H18F4O2/c1-13(19,7-4-8-14(16,17)18)9-10-5-3-6-11(20-2)12(10)15/h3,5-6,19H,4,7-9H2,1-2H3. The SMILES string of the molecule is COc1cccc(CC(C)(O)CCCC(F)(F)F)c1F. The predicted molar refractivity (Wildman–Crippen MR) is 67.2 cm³/mol. The number of halogens is 4. The number of hydrogen-bond donors (Lipinski definition) is 1. The molecule has 0 aliphatic carbocycles. The van der Waals surface area contributed by atoms with E-state index in [1.54, 1.807) is 6.07 Å². The molecule has 2 nitrogen and oxygen atoms in total. The van der Waals surface area contributed by atoms with Crippen LogP contribution in [0.2, 0.25) is 0 Å². The van der Waals surface area contributed by atoms with E-state index in [0.29, 0.717) is 0 Å². The second-order valence-electron chi connectivity index (χ2n) is 5.08. The zero-order valence-electron chi connectivity index (χ0n) is 11.4. The summed E-state index contributed by atoms with van der Waals surface area (Å²) >= 11 is 0. The maximum Gasteiger partial charge on any atom is 0.389 e. The summed E-state index contributed by atoms with van der Waals surface area (Å²) in [7, 11) is 1.32. The number of rotatable bonds is 6. The topological polar surface area (TPSA) is 29.5 Å². The van der Waals surface area contributed by atoms with Crippen molar-refractivity contribution in [3.05, 3.63) is 29.6 Å². The fourth-order valence-electron chi connectivity index (χ4n) is 2.02. The van der Waals surface area contributed by atoms with Crippen LogP contribution >= 0.6 is 0 Å². The number of hydrogen-bond acceptors (Lipinski definition) is 2. The van der Waals surface area contributed by atoms with Gasteiger partial charge in [0, 0.05) is 12.8 Å². The lowest BCUT2D eigenvalue weighted by atomic mass is 9.91. The summed E-state index contributed by atoms with van der Waals surface area (Å²) in [5.41, 5.74) is -1.17. The summed E-state index contributed by atoms with van der Waals surface area (Å²) in [5.74, 6) is -0.542. The van der Waals surface area contributed by atoms with E-state index in [9.17, 15) is 22.7 Å². The molecular weight excluding hydrogens is 276 g/mol. The van der Waals surface area contributed by atoms with Gasteiger partial charge in [-0.15, -0.1) is 0 Å². The summed E-state index contributed by atoms with van der Waals surface area (Å²) in [6.07, 6.45) is -5.50. The number of benzene rings is 1. The maximum atomic E-state index is 13.9. The Morgan fingerprint density at radius 1 is 1.20 bits per heavy atom. The number of methoxy groups -OCH3 is 1. The summed E-state index contributed by atoms with van der Waals surface area (Å²) in [5, 5.41) is 10.1. The quantitative estimate of drug-likeness (QED) is 0.807. The lowest BCUT2D eigenvalue weighted by Crippen LogP contribution is -2.28. The second-order valence-corrected chi connectivity index (χ2v) is 5.08. The average molecular weight is 294 g/mol. The molecule has 114 valence electrons. The van der Waals surface area contributed by atoms with Gasteiger partial charge in [-0.3, -0.25) is 0 Å². The van der Waals surface area contributed by atoms with Crippen molar-refractivity contribution in [2.75, 3.05) is 7.11 Å². The molecule has 0 spiro atoms. The lowest BCUT2D eigenvalue weighted by Gasteiger charge is -2.24. The van der Waals surface area contributed by atoms with Crippen LogP contribution in [0.25, 0.3) is 0 Å². The van der Waals surface area contributed by atoms with Crippen LogP contribution in [-0.4, -0.2) is 24.0 Å². The van der Waals surface area contributed by atoms with E-state index in [4.69, 9.17) is 4.74 Å². The summed E-state index contributed by atoms with van der Waals surface area (Å²) in [6, 6.07) is 4.50. The molecule has 6 heteroatoms. The zero-order valence-corrected chi connectivity index (χ0v) is 11.4. The molecule has 0 aromatic heterocycles. The molecule has 1 rings (SSSR count). The first-order valence-corrected chi connectivity index (χ1v) is 6.25. The van der Waals surface area contributed by atoms with E-state index in [-0.39, 0.29) is 30.6 Å². The number of alkyl halides is 3. The van der Waals surface area contributed by atoms with Crippen molar-refractivity contribution in [1.82, 2.24) is 0 Å². The van der Waals surface area contributed by atoms with Gasteiger partial charge in [0.1, 0.15) is 0 Å². The molecule has 1 atom stereocenters. The maximum absolute atomic E-state index is 13.9. The van der Waals surface area contributed by atoms with Crippen molar-refractivity contribution in [2.45, 2.75) is 44.4 Å². The Labute approximate surface area is 115 Å². The van der Waals surface area contributed by atoms with E-state index in [1.165, 1.54) is 26.2 Å². The van der Waals surface area contributed by atoms with Crippen molar-refractivity contribution < 1.29 is 27.4 Å². The number of aliphatic hydroxyl groups is 1. The van der Waals surface area contributed by atoms with E-state index in [0.717, 1.165) is 0 Å². The third-order valence-electron chi connectivity index (χ3n) is 3.01. The summed E-state index contributed by atoms with van der Waals surface area (Å²) < 4.78 is 54.9. The van der Waals surface area contributed by atoms with Gasteiger partial charge in [-0.1, -0.05) is 12.1 Å². The van der Waals surface area contributed by atoms with Crippen LogP contribution in [0, 0.1) is 5.82 Å². The molecule has 20 heavy (non-hydrogen) atoms. The normalized spacial score (nSPS) is 14.9. The van der Waals surface area contributed by atoms with Gasteiger partial charge in [0.05, 0.1) is 12.7 Å². The Morgan fingerprint density at radius 3 is 2.40 bits per heavy atom. The van der Waals surface area contributed by atoms with Gasteiger partial charge >= 0.3 is 6.18 Å². The van der Waals surface area contributed by atoms with Crippen molar-refractivity contribution in [3.8, 4) is 5.75 Å². The van der Waals surface area contributed by atoms with Crippen molar-refractivity contribution in [2.24, 2.45) is 0 Å². The third kappa shape index (κ3) is 5.36.